The average molecular weight is 241 g/mol. The van der Waals surface area contributed by atoms with Crippen LogP contribution in [-0.2, 0) is 4.79 Å². The Bertz CT molecular complexity index is 228. The van der Waals surface area contributed by atoms with Crippen molar-refractivity contribution in [1.29, 1.82) is 0 Å². The highest BCUT2D eigenvalue weighted by Crippen LogP contribution is 2.23. The van der Waals surface area contributed by atoms with Crippen LogP contribution in [0.1, 0.15) is 65.2 Å². The zero-order valence-electron chi connectivity index (χ0n) is 11.3. The molecule has 0 spiro atoms. The molecule has 17 heavy (non-hydrogen) atoms. The van der Waals surface area contributed by atoms with Crippen LogP contribution in [0.5, 0.6) is 0 Å². The second kappa shape index (κ2) is 7.00. The molecule has 1 amide bonds. The van der Waals surface area contributed by atoms with Gasteiger partial charge in [0.15, 0.2) is 0 Å². The van der Waals surface area contributed by atoms with Crippen molar-refractivity contribution in [3.05, 3.63) is 0 Å². The molecular weight excluding hydrogens is 214 g/mol. The van der Waals surface area contributed by atoms with Crippen molar-refractivity contribution >= 4 is 5.91 Å². The maximum absolute atomic E-state index is 12.0. The SMILES string of the molecule is CCC(O)(CC)CNC(=O)C1CCCCCC1. The van der Waals surface area contributed by atoms with Gasteiger partial charge in [-0.25, -0.2) is 0 Å². The molecule has 0 aromatic rings. The van der Waals surface area contributed by atoms with Crippen molar-refractivity contribution in [2.75, 3.05) is 6.54 Å². The monoisotopic (exact) mass is 241 g/mol. The van der Waals surface area contributed by atoms with Gasteiger partial charge in [-0.3, -0.25) is 4.79 Å². The number of carbonyl (C=O) groups excluding carboxylic acids is 1. The maximum Gasteiger partial charge on any atom is 0.223 e. The average Bonchev–Trinajstić information content (AvgIpc) is 2.64. The molecule has 100 valence electrons. The maximum atomic E-state index is 12.0. The first-order valence-electron chi connectivity index (χ1n) is 7.11. The zero-order valence-corrected chi connectivity index (χ0v) is 11.3. The second-order valence-electron chi connectivity index (χ2n) is 5.34. The lowest BCUT2D eigenvalue weighted by Crippen LogP contribution is -2.44. The fourth-order valence-corrected chi connectivity index (χ4v) is 2.44. The van der Waals surface area contributed by atoms with Crippen molar-refractivity contribution in [3.63, 3.8) is 0 Å². The van der Waals surface area contributed by atoms with Crippen LogP contribution >= 0.6 is 0 Å². The quantitative estimate of drug-likeness (QED) is 0.727. The van der Waals surface area contributed by atoms with E-state index in [1.165, 1.54) is 25.7 Å². The summed E-state index contributed by atoms with van der Waals surface area (Å²) in [7, 11) is 0. The summed E-state index contributed by atoms with van der Waals surface area (Å²) < 4.78 is 0. The largest absolute Gasteiger partial charge is 0.388 e. The normalized spacial score (nSPS) is 18.8. The van der Waals surface area contributed by atoms with E-state index in [0.717, 1.165) is 12.8 Å². The molecule has 0 bridgehead atoms. The van der Waals surface area contributed by atoms with Crippen molar-refractivity contribution in [2.24, 2.45) is 5.92 Å². The zero-order chi connectivity index (χ0) is 12.7. The third kappa shape index (κ3) is 4.66. The third-order valence-corrected chi connectivity index (χ3v) is 4.13. The van der Waals surface area contributed by atoms with Gasteiger partial charge in [-0.2, -0.15) is 0 Å². The standard InChI is InChI=1S/C14H27NO2/c1-3-14(17,4-2)11-15-13(16)12-9-7-5-6-8-10-12/h12,17H,3-11H2,1-2H3,(H,15,16). The molecule has 0 heterocycles. The molecule has 0 radical (unpaired) electrons. The second-order valence-corrected chi connectivity index (χ2v) is 5.34. The Balaban J connectivity index is 2.37. The van der Waals surface area contributed by atoms with Crippen molar-refractivity contribution < 1.29 is 9.90 Å². The summed E-state index contributed by atoms with van der Waals surface area (Å²) in [6.45, 7) is 4.32. The molecule has 0 unspecified atom stereocenters. The van der Waals surface area contributed by atoms with Gasteiger partial charge in [0.1, 0.15) is 0 Å². The third-order valence-electron chi connectivity index (χ3n) is 4.13. The molecule has 1 rings (SSSR count). The van der Waals surface area contributed by atoms with Gasteiger partial charge in [0.25, 0.3) is 0 Å². The predicted octanol–water partition coefficient (Wildman–Crippen LogP) is 2.62. The summed E-state index contributed by atoms with van der Waals surface area (Å²) in [5.41, 5.74) is -0.722. The molecule has 2 N–H and O–H groups in total. The van der Waals surface area contributed by atoms with Crippen LogP contribution in [0.2, 0.25) is 0 Å². The van der Waals surface area contributed by atoms with Crippen LogP contribution in [0.15, 0.2) is 0 Å². The number of rotatable bonds is 5. The lowest BCUT2D eigenvalue weighted by Gasteiger charge is -2.26. The Morgan fingerprint density at radius 2 is 1.71 bits per heavy atom. The van der Waals surface area contributed by atoms with Gasteiger partial charge < -0.3 is 10.4 Å². The first kappa shape index (κ1) is 14.5. The van der Waals surface area contributed by atoms with E-state index in [2.05, 4.69) is 5.32 Å². The number of amides is 1. The van der Waals surface area contributed by atoms with E-state index in [4.69, 9.17) is 0 Å². The van der Waals surface area contributed by atoms with Gasteiger partial charge in [-0.15, -0.1) is 0 Å². The van der Waals surface area contributed by atoms with Crippen LogP contribution in [-0.4, -0.2) is 23.2 Å². The highest BCUT2D eigenvalue weighted by atomic mass is 16.3. The summed E-state index contributed by atoms with van der Waals surface area (Å²) in [5.74, 6) is 0.322. The minimum absolute atomic E-state index is 0.146. The summed E-state index contributed by atoms with van der Waals surface area (Å²) in [6.07, 6.45) is 8.27. The number of hydrogen-bond donors (Lipinski definition) is 2. The van der Waals surface area contributed by atoms with Crippen molar-refractivity contribution in [3.8, 4) is 0 Å². The minimum atomic E-state index is -0.722. The number of carbonyl (C=O) groups is 1. The molecule has 1 aliphatic rings. The Morgan fingerprint density at radius 3 is 2.18 bits per heavy atom. The van der Waals surface area contributed by atoms with Crippen molar-refractivity contribution in [2.45, 2.75) is 70.8 Å². The molecule has 0 aromatic carbocycles. The van der Waals surface area contributed by atoms with E-state index in [-0.39, 0.29) is 11.8 Å². The van der Waals surface area contributed by atoms with Crippen LogP contribution in [0.25, 0.3) is 0 Å². The Morgan fingerprint density at radius 1 is 1.18 bits per heavy atom. The molecule has 3 nitrogen and oxygen atoms in total. The van der Waals surface area contributed by atoms with Crippen LogP contribution in [0.4, 0.5) is 0 Å². The fraction of sp³-hybridized carbons (Fsp3) is 0.929. The minimum Gasteiger partial charge on any atom is -0.388 e. The molecule has 1 saturated carbocycles. The highest BCUT2D eigenvalue weighted by molar-refractivity contribution is 5.78. The molecule has 0 aliphatic heterocycles. The van der Waals surface area contributed by atoms with Gasteiger partial charge in [0.2, 0.25) is 5.91 Å². The Hall–Kier alpha value is -0.570. The van der Waals surface area contributed by atoms with Gasteiger partial charge >= 0.3 is 0 Å². The molecule has 0 aromatic heterocycles. The lowest BCUT2D eigenvalue weighted by molar-refractivity contribution is -0.126. The Labute approximate surface area is 105 Å². The van der Waals surface area contributed by atoms with Gasteiger partial charge in [-0.1, -0.05) is 39.5 Å². The Kier molecular flexibility index (Phi) is 5.96. The molecule has 1 aliphatic carbocycles. The van der Waals surface area contributed by atoms with E-state index in [1.807, 2.05) is 13.8 Å². The molecular formula is C14H27NO2. The first-order chi connectivity index (χ1) is 8.11. The van der Waals surface area contributed by atoms with Gasteiger partial charge in [0.05, 0.1) is 5.60 Å². The number of nitrogens with one attached hydrogen (secondary N) is 1. The molecule has 0 atom stereocenters. The topological polar surface area (TPSA) is 49.3 Å². The summed E-state index contributed by atoms with van der Waals surface area (Å²) in [5, 5.41) is 13.1. The highest BCUT2D eigenvalue weighted by Gasteiger charge is 2.25. The van der Waals surface area contributed by atoms with E-state index in [9.17, 15) is 9.90 Å². The van der Waals surface area contributed by atoms with E-state index in [1.54, 1.807) is 0 Å². The van der Waals surface area contributed by atoms with Crippen LogP contribution < -0.4 is 5.32 Å². The predicted molar refractivity (Wildman–Crippen MR) is 69.7 cm³/mol. The van der Waals surface area contributed by atoms with Crippen LogP contribution in [0.3, 0.4) is 0 Å². The lowest BCUT2D eigenvalue weighted by atomic mass is 9.95. The summed E-state index contributed by atoms with van der Waals surface area (Å²) in [4.78, 5) is 12.0. The molecule has 1 fully saturated rings. The van der Waals surface area contributed by atoms with E-state index >= 15 is 0 Å². The summed E-state index contributed by atoms with van der Waals surface area (Å²) in [6, 6.07) is 0. The van der Waals surface area contributed by atoms with Crippen molar-refractivity contribution in [1.82, 2.24) is 5.32 Å². The summed E-state index contributed by atoms with van der Waals surface area (Å²) >= 11 is 0. The van der Waals surface area contributed by atoms with Crippen LogP contribution in [0, 0.1) is 5.92 Å². The fourth-order valence-electron chi connectivity index (χ4n) is 2.44. The smallest absolute Gasteiger partial charge is 0.223 e. The number of aliphatic hydroxyl groups is 1. The first-order valence-corrected chi connectivity index (χ1v) is 7.11. The van der Waals surface area contributed by atoms with E-state index < -0.39 is 5.60 Å². The van der Waals surface area contributed by atoms with Gasteiger partial charge in [-0.05, 0) is 25.7 Å². The molecule has 3 heteroatoms. The van der Waals surface area contributed by atoms with Gasteiger partial charge in [0, 0.05) is 12.5 Å². The van der Waals surface area contributed by atoms with E-state index in [0.29, 0.717) is 19.4 Å². The number of hydrogen-bond acceptors (Lipinski definition) is 2. The molecule has 0 saturated heterocycles.